The smallest absolute Gasteiger partial charge is 0.263 e. The number of nitrogens with two attached hydrogens (primary N) is 1. The van der Waals surface area contributed by atoms with Gasteiger partial charge in [-0.05, 0) is 24.3 Å². The summed E-state index contributed by atoms with van der Waals surface area (Å²) in [5, 5.41) is 2.75. The van der Waals surface area contributed by atoms with Crippen LogP contribution in [0.2, 0.25) is 0 Å². The van der Waals surface area contributed by atoms with E-state index >= 15 is 0 Å². The molecule has 3 N–H and O–H groups in total. The predicted octanol–water partition coefficient (Wildman–Crippen LogP) is 1.81. The Kier molecular flexibility index (Phi) is 4.97. The normalized spacial score (nSPS) is 14.8. The van der Waals surface area contributed by atoms with Crippen LogP contribution in [-0.4, -0.2) is 30.4 Å². The molecule has 2 amide bonds. The number of nitrogens with one attached hydrogen (secondary N) is 1. The number of anilines is 1. The number of thioether (sulfide) groups is 2. The van der Waals surface area contributed by atoms with Gasteiger partial charge in [0.25, 0.3) is 11.8 Å². The topological polar surface area (TPSA) is 81.4 Å². The minimum Gasteiger partial charge on any atom is -0.497 e. The van der Waals surface area contributed by atoms with Crippen molar-refractivity contribution < 1.29 is 14.3 Å². The zero-order valence-electron chi connectivity index (χ0n) is 10.8. The van der Waals surface area contributed by atoms with Gasteiger partial charge in [-0.2, -0.15) is 0 Å². The van der Waals surface area contributed by atoms with E-state index in [1.807, 2.05) is 0 Å². The molecule has 0 atom stereocenters. The number of rotatable bonds is 4. The second kappa shape index (κ2) is 6.71. The molecule has 1 aliphatic rings. The highest BCUT2D eigenvalue weighted by Crippen LogP contribution is 2.34. The average Bonchev–Trinajstić information content (AvgIpc) is 2.48. The quantitative estimate of drug-likeness (QED) is 0.886. The molecule has 1 aliphatic heterocycles. The zero-order valence-corrected chi connectivity index (χ0v) is 12.5. The van der Waals surface area contributed by atoms with E-state index in [4.69, 9.17) is 10.5 Å². The van der Waals surface area contributed by atoms with Gasteiger partial charge in [0, 0.05) is 17.2 Å². The molecule has 106 valence electrons. The molecule has 0 bridgehead atoms. The lowest BCUT2D eigenvalue weighted by Gasteiger charge is -2.16. The molecule has 0 unspecified atom stereocenters. The Labute approximate surface area is 125 Å². The van der Waals surface area contributed by atoms with Crippen molar-refractivity contribution in [1.29, 1.82) is 0 Å². The van der Waals surface area contributed by atoms with E-state index in [-0.39, 0.29) is 5.91 Å². The van der Waals surface area contributed by atoms with Gasteiger partial charge in [0.1, 0.15) is 5.75 Å². The van der Waals surface area contributed by atoms with Gasteiger partial charge >= 0.3 is 0 Å². The van der Waals surface area contributed by atoms with Crippen LogP contribution in [0.25, 0.3) is 0 Å². The fourth-order valence-electron chi connectivity index (χ4n) is 1.63. The second-order valence-electron chi connectivity index (χ2n) is 3.90. The highest BCUT2D eigenvalue weighted by molar-refractivity contribution is 8.11. The summed E-state index contributed by atoms with van der Waals surface area (Å²) in [6.07, 6.45) is 0. The van der Waals surface area contributed by atoms with Crippen molar-refractivity contribution in [3.05, 3.63) is 34.1 Å². The van der Waals surface area contributed by atoms with Crippen LogP contribution in [0.5, 0.6) is 5.75 Å². The number of carbonyl (C=O) groups excluding carboxylic acids is 2. The molecular formula is C13H14N2O3S2. The number of ether oxygens (including phenoxy) is 1. The molecule has 20 heavy (non-hydrogen) atoms. The first kappa shape index (κ1) is 14.8. The van der Waals surface area contributed by atoms with Crippen molar-refractivity contribution in [2.75, 3.05) is 23.9 Å². The second-order valence-corrected chi connectivity index (χ2v) is 6.11. The minimum absolute atomic E-state index is 0.304. The monoisotopic (exact) mass is 310 g/mol. The van der Waals surface area contributed by atoms with Gasteiger partial charge in [-0.1, -0.05) is 0 Å². The van der Waals surface area contributed by atoms with E-state index < -0.39 is 5.91 Å². The van der Waals surface area contributed by atoms with Crippen molar-refractivity contribution in [3.8, 4) is 5.75 Å². The number of amides is 2. The number of primary amides is 1. The van der Waals surface area contributed by atoms with Gasteiger partial charge in [-0.3, -0.25) is 9.59 Å². The third kappa shape index (κ3) is 3.49. The molecule has 1 aromatic rings. The van der Waals surface area contributed by atoms with Crippen LogP contribution in [0.15, 0.2) is 34.1 Å². The van der Waals surface area contributed by atoms with Crippen molar-refractivity contribution in [3.63, 3.8) is 0 Å². The summed E-state index contributed by atoms with van der Waals surface area (Å²) in [7, 11) is 1.58. The average molecular weight is 310 g/mol. The summed E-state index contributed by atoms with van der Waals surface area (Å²) in [4.78, 5) is 24.3. The predicted molar refractivity (Wildman–Crippen MR) is 82.8 cm³/mol. The lowest BCUT2D eigenvalue weighted by atomic mass is 10.3. The minimum atomic E-state index is -0.554. The Hall–Kier alpha value is -1.60. The van der Waals surface area contributed by atoms with Crippen molar-refractivity contribution in [2.45, 2.75) is 0 Å². The third-order valence-electron chi connectivity index (χ3n) is 2.56. The summed E-state index contributed by atoms with van der Waals surface area (Å²) >= 11 is 2.68. The fraction of sp³-hybridized carbons (Fsp3) is 0.231. The largest absolute Gasteiger partial charge is 0.497 e. The number of hydrogen-bond donors (Lipinski definition) is 2. The molecule has 0 aromatic heterocycles. The third-order valence-corrected chi connectivity index (χ3v) is 5.14. The van der Waals surface area contributed by atoms with Crippen LogP contribution >= 0.6 is 23.5 Å². The summed E-state index contributed by atoms with van der Waals surface area (Å²) in [6, 6.07) is 6.98. The van der Waals surface area contributed by atoms with Gasteiger partial charge in [0.15, 0.2) is 0 Å². The standard InChI is InChI=1S/C13H14N2O3S2/c1-18-9-4-2-8(3-5-9)15-13(17)11-10(12(14)16)19-6-7-20-11/h2-5H,6-7H2,1H3,(H2,14,16)(H,15,17). The SMILES string of the molecule is COc1ccc(NC(=O)C2=C(C(N)=O)SCCS2)cc1. The summed E-state index contributed by atoms with van der Waals surface area (Å²) in [5.41, 5.74) is 5.94. The maximum atomic E-state index is 12.2. The van der Waals surface area contributed by atoms with E-state index in [1.165, 1.54) is 23.5 Å². The van der Waals surface area contributed by atoms with Crippen LogP contribution < -0.4 is 15.8 Å². The Morgan fingerprint density at radius 3 is 2.30 bits per heavy atom. The summed E-state index contributed by atoms with van der Waals surface area (Å²) < 4.78 is 5.05. The molecule has 0 aliphatic carbocycles. The molecular weight excluding hydrogens is 296 g/mol. The van der Waals surface area contributed by atoms with Gasteiger partial charge < -0.3 is 15.8 Å². The van der Waals surface area contributed by atoms with Gasteiger partial charge in [-0.25, -0.2) is 0 Å². The summed E-state index contributed by atoms with van der Waals surface area (Å²) in [5.74, 6) is 1.42. The van der Waals surface area contributed by atoms with Crippen LogP contribution in [0.1, 0.15) is 0 Å². The molecule has 0 saturated heterocycles. The molecule has 5 nitrogen and oxygen atoms in total. The lowest BCUT2D eigenvalue weighted by Crippen LogP contribution is -2.22. The highest BCUT2D eigenvalue weighted by atomic mass is 32.2. The first-order valence-electron chi connectivity index (χ1n) is 5.87. The number of hydrogen-bond acceptors (Lipinski definition) is 5. The first-order chi connectivity index (χ1) is 9.61. The number of carbonyl (C=O) groups is 2. The van der Waals surface area contributed by atoms with E-state index in [9.17, 15) is 9.59 Å². The fourth-order valence-corrected chi connectivity index (χ4v) is 3.84. The van der Waals surface area contributed by atoms with Crippen molar-refractivity contribution in [2.24, 2.45) is 5.73 Å². The molecule has 1 aromatic carbocycles. The zero-order chi connectivity index (χ0) is 14.5. The Morgan fingerprint density at radius 1 is 1.15 bits per heavy atom. The van der Waals surface area contributed by atoms with E-state index in [2.05, 4.69) is 5.32 Å². The molecule has 0 spiro atoms. The molecule has 0 radical (unpaired) electrons. The van der Waals surface area contributed by atoms with Crippen LogP contribution in [0, 0.1) is 0 Å². The van der Waals surface area contributed by atoms with E-state index in [0.717, 1.165) is 11.5 Å². The maximum absolute atomic E-state index is 12.2. The molecule has 2 rings (SSSR count). The van der Waals surface area contributed by atoms with E-state index in [1.54, 1.807) is 31.4 Å². The van der Waals surface area contributed by atoms with Crippen LogP contribution in [0.4, 0.5) is 5.69 Å². The van der Waals surface area contributed by atoms with Gasteiger partial charge in [0.05, 0.1) is 16.9 Å². The Bertz CT molecular complexity index is 555. The van der Waals surface area contributed by atoms with Crippen molar-refractivity contribution >= 4 is 41.0 Å². The maximum Gasteiger partial charge on any atom is 0.263 e. The van der Waals surface area contributed by atoms with Crippen LogP contribution in [-0.2, 0) is 9.59 Å². The number of benzene rings is 1. The van der Waals surface area contributed by atoms with Crippen molar-refractivity contribution in [1.82, 2.24) is 0 Å². The molecule has 7 heteroatoms. The van der Waals surface area contributed by atoms with Gasteiger partial charge in [-0.15, -0.1) is 23.5 Å². The van der Waals surface area contributed by atoms with E-state index in [0.29, 0.717) is 21.2 Å². The highest BCUT2D eigenvalue weighted by Gasteiger charge is 2.24. The number of methoxy groups -OCH3 is 1. The lowest BCUT2D eigenvalue weighted by molar-refractivity contribution is -0.115. The summed E-state index contributed by atoms with van der Waals surface area (Å²) in [6.45, 7) is 0. The molecule has 0 fully saturated rings. The van der Waals surface area contributed by atoms with Gasteiger partial charge in [0.2, 0.25) is 0 Å². The van der Waals surface area contributed by atoms with Crippen LogP contribution in [0.3, 0.4) is 0 Å². The first-order valence-corrected chi connectivity index (χ1v) is 7.84. The Morgan fingerprint density at radius 2 is 1.75 bits per heavy atom. The Balaban J connectivity index is 2.15. The molecule has 0 saturated carbocycles. The molecule has 1 heterocycles.